The molecule has 1 aliphatic rings. The van der Waals surface area contributed by atoms with Crippen LogP contribution in [0.2, 0.25) is 0 Å². The SMILES string of the molecule is CNC(=O)C(C)NCC1(C)CCOCC1. The van der Waals surface area contributed by atoms with Crippen molar-refractivity contribution in [2.24, 2.45) is 5.41 Å². The molecule has 1 atom stereocenters. The second kappa shape index (κ2) is 5.47. The third kappa shape index (κ3) is 3.80. The number of ether oxygens (including phenoxy) is 1. The smallest absolute Gasteiger partial charge is 0.236 e. The van der Waals surface area contributed by atoms with Crippen LogP contribution < -0.4 is 10.6 Å². The first-order chi connectivity index (χ1) is 7.07. The van der Waals surface area contributed by atoms with Gasteiger partial charge in [0.1, 0.15) is 0 Å². The number of carbonyl (C=O) groups excluding carboxylic acids is 1. The van der Waals surface area contributed by atoms with E-state index in [1.807, 2.05) is 6.92 Å². The van der Waals surface area contributed by atoms with Gasteiger partial charge in [0.15, 0.2) is 0 Å². The second-order valence-corrected chi connectivity index (χ2v) is 4.64. The van der Waals surface area contributed by atoms with Crippen molar-refractivity contribution in [3.8, 4) is 0 Å². The van der Waals surface area contributed by atoms with Crippen molar-refractivity contribution < 1.29 is 9.53 Å². The minimum Gasteiger partial charge on any atom is -0.381 e. The molecule has 0 spiro atoms. The molecule has 4 heteroatoms. The molecule has 88 valence electrons. The highest BCUT2D eigenvalue weighted by molar-refractivity contribution is 5.80. The van der Waals surface area contributed by atoms with E-state index in [9.17, 15) is 4.79 Å². The lowest BCUT2D eigenvalue weighted by molar-refractivity contribution is -0.122. The number of likely N-dealkylation sites (N-methyl/N-ethyl adjacent to an activating group) is 1. The highest BCUT2D eigenvalue weighted by atomic mass is 16.5. The quantitative estimate of drug-likeness (QED) is 0.717. The Morgan fingerprint density at radius 2 is 2.07 bits per heavy atom. The Morgan fingerprint density at radius 1 is 1.47 bits per heavy atom. The van der Waals surface area contributed by atoms with Crippen LogP contribution in [0, 0.1) is 5.41 Å². The molecule has 0 aromatic rings. The molecule has 1 heterocycles. The number of hydrogen-bond acceptors (Lipinski definition) is 3. The van der Waals surface area contributed by atoms with Crippen molar-refractivity contribution in [2.75, 3.05) is 26.8 Å². The van der Waals surface area contributed by atoms with E-state index < -0.39 is 0 Å². The maximum absolute atomic E-state index is 11.3. The van der Waals surface area contributed by atoms with Gasteiger partial charge in [0.2, 0.25) is 5.91 Å². The number of carbonyl (C=O) groups is 1. The predicted octanol–water partition coefficient (Wildman–Crippen LogP) is 0.527. The average Bonchev–Trinajstić information content (AvgIpc) is 2.26. The van der Waals surface area contributed by atoms with E-state index in [-0.39, 0.29) is 17.4 Å². The zero-order valence-electron chi connectivity index (χ0n) is 9.93. The standard InChI is InChI=1S/C11H22N2O2/c1-9(10(14)12-3)13-8-11(2)4-6-15-7-5-11/h9,13H,4-8H2,1-3H3,(H,12,14). The molecule has 0 aromatic carbocycles. The molecule has 1 amide bonds. The molecule has 0 aliphatic carbocycles. The normalized spacial score (nSPS) is 22.1. The topological polar surface area (TPSA) is 50.4 Å². The molecule has 1 saturated heterocycles. The van der Waals surface area contributed by atoms with Crippen molar-refractivity contribution in [3.05, 3.63) is 0 Å². The van der Waals surface area contributed by atoms with Gasteiger partial charge in [-0.05, 0) is 25.2 Å². The molecule has 1 rings (SSSR count). The third-order valence-electron chi connectivity index (χ3n) is 3.17. The van der Waals surface area contributed by atoms with Gasteiger partial charge in [0.25, 0.3) is 0 Å². The summed E-state index contributed by atoms with van der Waals surface area (Å²) < 4.78 is 5.33. The van der Waals surface area contributed by atoms with Gasteiger partial charge in [-0.3, -0.25) is 4.79 Å². The maximum Gasteiger partial charge on any atom is 0.236 e. The van der Waals surface area contributed by atoms with Gasteiger partial charge in [-0.2, -0.15) is 0 Å². The molecule has 4 nitrogen and oxygen atoms in total. The third-order valence-corrected chi connectivity index (χ3v) is 3.17. The van der Waals surface area contributed by atoms with Crippen LogP contribution in [-0.2, 0) is 9.53 Å². The average molecular weight is 214 g/mol. The van der Waals surface area contributed by atoms with Crippen LogP contribution in [0.4, 0.5) is 0 Å². The van der Waals surface area contributed by atoms with E-state index in [1.165, 1.54) is 0 Å². The molecule has 0 radical (unpaired) electrons. The highest BCUT2D eigenvalue weighted by Crippen LogP contribution is 2.28. The van der Waals surface area contributed by atoms with Crippen molar-refractivity contribution in [1.29, 1.82) is 0 Å². The van der Waals surface area contributed by atoms with Crippen LogP contribution in [0.5, 0.6) is 0 Å². The van der Waals surface area contributed by atoms with Crippen LogP contribution in [0.1, 0.15) is 26.7 Å². The molecular formula is C11H22N2O2. The van der Waals surface area contributed by atoms with E-state index in [4.69, 9.17) is 4.74 Å². The Morgan fingerprint density at radius 3 is 2.60 bits per heavy atom. The van der Waals surface area contributed by atoms with E-state index in [2.05, 4.69) is 17.6 Å². The van der Waals surface area contributed by atoms with Crippen LogP contribution in [0.25, 0.3) is 0 Å². The van der Waals surface area contributed by atoms with Crippen molar-refractivity contribution >= 4 is 5.91 Å². The summed E-state index contributed by atoms with van der Waals surface area (Å²) in [5.74, 6) is 0.0469. The van der Waals surface area contributed by atoms with E-state index in [0.29, 0.717) is 0 Å². The first kappa shape index (κ1) is 12.5. The molecule has 15 heavy (non-hydrogen) atoms. The zero-order chi connectivity index (χ0) is 11.3. The molecule has 1 unspecified atom stereocenters. The number of nitrogens with one attached hydrogen (secondary N) is 2. The lowest BCUT2D eigenvalue weighted by Crippen LogP contribution is -2.46. The molecule has 0 saturated carbocycles. The van der Waals surface area contributed by atoms with Crippen LogP contribution >= 0.6 is 0 Å². The Labute approximate surface area is 91.8 Å². The number of hydrogen-bond donors (Lipinski definition) is 2. The summed E-state index contributed by atoms with van der Waals surface area (Å²) in [5, 5.41) is 5.91. The zero-order valence-corrected chi connectivity index (χ0v) is 9.93. The summed E-state index contributed by atoms with van der Waals surface area (Å²) in [4.78, 5) is 11.3. The van der Waals surface area contributed by atoms with Crippen molar-refractivity contribution in [1.82, 2.24) is 10.6 Å². The Balaban J connectivity index is 2.31. The fourth-order valence-corrected chi connectivity index (χ4v) is 1.75. The Bertz CT molecular complexity index is 213. The highest BCUT2D eigenvalue weighted by Gasteiger charge is 2.28. The minimum atomic E-state index is -0.116. The molecule has 0 aromatic heterocycles. The predicted molar refractivity (Wildman–Crippen MR) is 59.7 cm³/mol. The van der Waals surface area contributed by atoms with Gasteiger partial charge in [-0.1, -0.05) is 6.92 Å². The number of amides is 1. The van der Waals surface area contributed by atoms with Crippen LogP contribution in [-0.4, -0.2) is 38.8 Å². The van der Waals surface area contributed by atoms with Gasteiger partial charge in [0.05, 0.1) is 6.04 Å². The van der Waals surface area contributed by atoms with Gasteiger partial charge in [-0.25, -0.2) is 0 Å². The summed E-state index contributed by atoms with van der Waals surface area (Å²) in [7, 11) is 1.66. The summed E-state index contributed by atoms with van der Waals surface area (Å²) in [6, 6.07) is -0.116. The first-order valence-electron chi connectivity index (χ1n) is 5.60. The Kier molecular flexibility index (Phi) is 4.54. The van der Waals surface area contributed by atoms with Gasteiger partial charge in [0, 0.05) is 26.8 Å². The first-order valence-corrected chi connectivity index (χ1v) is 5.60. The fraction of sp³-hybridized carbons (Fsp3) is 0.909. The monoisotopic (exact) mass is 214 g/mol. The molecule has 1 aliphatic heterocycles. The maximum atomic E-state index is 11.3. The number of rotatable bonds is 4. The Hall–Kier alpha value is -0.610. The molecule has 1 fully saturated rings. The lowest BCUT2D eigenvalue weighted by Gasteiger charge is -2.34. The van der Waals surface area contributed by atoms with Gasteiger partial charge >= 0.3 is 0 Å². The van der Waals surface area contributed by atoms with Gasteiger partial charge < -0.3 is 15.4 Å². The lowest BCUT2D eigenvalue weighted by atomic mass is 9.82. The van der Waals surface area contributed by atoms with Crippen molar-refractivity contribution in [2.45, 2.75) is 32.7 Å². The molecule has 0 bridgehead atoms. The fourth-order valence-electron chi connectivity index (χ4n) is 1.75. The summed E-state index contributed by atoms with van der Waals surface area (Å²) >= 11 is 0. The van der Waals surface area contributed by atoms with E-state index >= 15 is 0 Å². The molecule has 2 N–H and O–H groups in total. The summed E-state index contributed by atoms with van der Waals surface area (Å²) in [5.41, 5.74) is 0.278. The van der Waals surface area contributed by atoms with Crippen LogP contribution in [0.15, 0.2) is 0 Å². The largest absolute Gasteiger partial charge is 0.381 e. The summed E-state index contributed by atoms with van der Waals surface area (Å²) in [6.45, 7) is 6.70. The minimum absolute atomic E-state index is 0.0469. The van der Waals surface area contributed by atoms with E-state index in [1.54, 1.807) is 7.05 Å². The summed E-state index contributed by atoms with van der Waals surface area (Å²) in [6.07, 6.45) is 2.14. The van der Waals surface area contributed by atoms with Crippen LogP contribution in [0.3, 0.4) is 0 Å². The second-order valence-electron chi connectivity index (χ2n) is 4.64. The molecular weight excluding hydrogens is 192 g/mol. The van der Waals surface area contributed by atoms with Gasteiger partial charge in [-0.15, -0.1) is 0 Å². The van der Waals surface area contributed by atoms with E-state index in [0.717, 1.165) is 32.6 Å². The van der Waals surface area contributed by atoms with Crippen molar-refractivity contribution in [3.63, 3.8) is 0 Å².